The van der Waals surface area contributed by atoms with Crippen LogP contribution in [0.4, 0.5) is 11.5 Å². The monoisotopic (exact) mass is 357 g/mol. The van der Waals surface area contributed by atoms with E-state index in [0.717, 1.165) is 42.9 Å². The van der Waals surface area contributed by atoms with Gasteiger partial charge in [0.2, 0.25) is 5.91 Å². The van der Waals surface area contributed by atoms with Crippen LogP contribution in [0.3, 0.4) is 0 Å². The molecule has 0 aliphatic carbocycles. The minimum Gasteiger partial charge on any atom is -0.494 e. The molecule has 2 rings (SSSR count). The zero-order chi connectivity index (χ0) is 18.6. The molecule has 1 heterocycles. The first kappa shape index (κ1) is 19.7. The highest BCUT2D eigenvalue weighted by Crippen LogP contribution is 2.14. The van der Waals surface area contributed by atoms with Crippen LogP contribution in [0.5, 0.6) is 5.75 Å². The number of carbonyl (C=O) groups excluding carboxylic acids is 1. The number of hydrogen-bond acceptors (Lipinski definition) is 5. The fraction of sp³-hybridized carbons (Fsp3) is 0.400. The number of aliphatic hydroxyl groups excluding tert-OH is 1. The molecule has 1 aromatic carbocycles. The van der Waals surface area contributed by atoms with Crippen molar-refractivity contribution in [2.24, 2.45) is 0 Å². The predicted octanol–water partition coefficient (Wildman–Crippen LogP) is 3.24. The van der Waals surface area contributed by atoms with Crippen LogP contribution in [0.1, 0.15) is 31.7 Å². The zero-order valence-corrected chi connectivity index (χ0v) is 15.2. The largest absolute Gasteiger partial charge is 0.494 e. The molecule has 0 radical (unpaired) electrons. The lowest BCUT2D eigenvalue weighted by atomic mass is 10.1. The molecule has 0 aliphatic rings. The van der Waals surface area contributed by atoms with E-state index in [0.29, 0.717) is 18.7 Å². The first-order valence-corrected chi connectivity index (χ1v) is 9.03. The van der Waals surface area contributed by atoms with Gasteiger partial charge in [0.05, 0.1) is 24.9 Å². The van der Waals surface area contributed by atoms with E-state index in [1.165, 1.54) is 0 Å². The molecule has 2 aromatic rings. The molecule has 0 bridgehead atoms. The number of rotatable bonds is 11. The van der Waals surface area contributed by atoms with E-state index in [1.54, 1.807) is 6.20 Å². The van der Waals surface area contributed by atoms with Crippen molar-refractivity contribution in [2.45, 2.75) is 32.6 Å². The third-order valence-electron chi connectivity index (χ3n) is 3.79. The SMILES string of the molecule is CCOc1ccc(CC(=O)Nc2ccc(NCCCCCO)nc2)cc1. The minimum absolute atomic E-state index is 0.0827. The number of pyridine rings is 1. The standard InChI is InChI=1S/C20H27N3O3/c1-2-26-18-9-6-16(7-10-18)14-20(25)23-17-8-11-19(22-15-17)21-12-4-3-5-13-24/h6-11,15,24H,2-5,12-14H2,1H3,(H,21,22)(H,23,25). The number of nitrogens with one attached hydrogen (secondary N) is 2. The molecule has 26 heavy (non-hydrogen) atoms. The van der Waals surface area contributed by atoms with Gasteiger partial charge in [-0.25, -0.2) is 4.98 Å². The summed E-state index contributed by atoms with van der Waals surface area (Å²) >= 11 is 0. The summed E-state index contributed by atoms with van der Waals surface area (Å²) in [6, 6.07) is 11.2. The lowest BCUT2D eigenvalue weighted by Crippen LogP contribution is -2.14. The predicted molar refractivity (Wildman–Crippen MR) is 104 cm³/mol. The van der Waals surface area contributed by atoms with E-state index in [9.17, 15) is 4.79 Å². The molecule has 0 saturated heterocycles. The number of nitrogens with zero attached hydrogens (tertiary/aromatic N) is 1. The first-order valence-electron chi connectivity index (χ1n) is 9.03. The highest BCUT2D eigenvalue weighted by molar-refractivity contribution is 5.92. The second kappa shape index (κ2) is 11.1. The molecule has 0 atom stereocenters. The minimum atomic E-state index is -0.0827. The normalized spacial score (nSPS) is 10.4. The van der Waals surface area contributed by atoms with Crippen LogP contribution in [-0.4, -0.2) is 35.8 Å². The summed E-state index contributed by atoms with van der Waals surface area (Å²) in [5, 5.41) is 14.8. The smallest absolute Gasteiger partial charge is 0.228 e. The van der Waals surface area contributed by atoms with Crippen LogP contribution in [0, 0.1) is 0 Å². The van der Waals surface area contributed by atoms with Crippen LogP contribution in [-0.2, 0) is 11.2 Å². The van der Waals surface area contributed by atoms with Crippen molar-refractivity contribution >= 4 is 17.4 Å². The summed E-state index contributed by atoms with van der Waals surface area (Å²) < 4.78 is 5.39. The third kappa shape index (κ3) is 7.11. The maximum Gasteiger partial charge on any atom is 0.228 e. The van der Waals surface area contributed by atoms with E-state index in [2.05, 4.69) is 15.6 Å². The molecule has 0 saturated carbocycles. The quantitative estimate of drug-likeness (QED) is 0.538. The van der Waals surface area contributed by atoms with Gasteiger partial charge in [0, 0.05) is 13.2 Å². The molecule has 0 fully saturated rings. The van der Waals surface area contributed by atoms with E-state index in [-0.39, 0.29) is 12.5 Å². The van der Waals surface area contributed by atoms with Crippen LogP contribution >= 0.6 is 0 Å². The highest BCUT2D eigenvalue weighted by atomic mass is 16.5. The van der Waals surface area contributed by atoms with Crippen molar-refractivity contribution < 1.29 is 14.6 Å². The van der Waals surface area contributed by atoms with Crippen LogP contribution in [0.25, 0.3) is 0 Å². The van der Waals surface area contributed by atoms with E-state index in [1.807, 2.05) is 43.3 Å². The highest BCUT2D eigenvalue weighted by Gasteiger charge is 2.05. The Morgan fingerprint density at radius 2 is 1.92 bits per heavy atom. The van der Waals surface area contributed by atoms with Gasteiger partial charge in [-0.15, -0.1) is 0 Å². The molecule has 3 N–H and O–H groups in total. The number of carbonyl (C=O) groups is 1. The Morgan fingerprint density at radius 3 is 2.58 bits per heavy atom. The Labute approximate surface area is 154 Å². The lowest BCUT2D eigenvalue weighted by Gasteiger charge is -2.08. The van der Waals surface area contributed by atoms with Crippen molar-refractivity contribution in [3.8, 4) is 5.75 Å². The summed E-state index contributed by atoms with van der Waals surface area (Å²) in [5.41, 5.74) is 1.60. The fourth-order valence-electron chi connectivity index (χ4n) is 2.46. The number of benzene rings is 1. The number of amides is 1. The summed E-state index contributed by atoms with van der Waals surface area (Å²) in [7, 11) is 0. The number of hydrogen-bond donors (Lipinski definition) is 3. The Morgan fingerprint density at radius 1 is 1.12 bits per heavy atom. The van der Waals surface area contributed by atoms with E-state index < -0.39 is 0 Å². The van der Waals surface area contributed by atoms with Crippen molar-refractivity contribution in [1.82, 2.24) is 4.98 Å². The van der Waals surface area contributed by atoms with Crippen LogP contribution in [0.2, 0.25) is 0 Å². The number of ether oxygens (including phenoxy) is 1. The molecule has 0 unspecified atom stereocenters. The second-order valence-corrected chi connectivity index (χ2v) is 5.95. The van der Waals surface area contributed by atoms with Crippen LogP contribution in [0.15, 0.2) is 42.6 Å². The summed E-state index contributed by atoms with van der Waals surface area (Å²) in [5.74, 6) is 1.50. The third-order valence-corrected chi connectivity index (χ3v) is 3.79. The number of unbranched alkanes of at least 4 members (excludes halogenated alkanes) is 2. The van der Waals surface area contributed by atoms with Crippen molar-refractivity contribution in [2.75, 3.05) is 30.4 Å². The van der Waals surface area contributed by atoms with Crippen LogP contribution < -0.4 is 15.4 Å². The topological polar surface area (TPSA) is 83.5 Å². The Hall–Kier alpha value is -2.60. The Bertz CT molecular complexity index is 657. The fourth-order valence-corrected chi connectivity index (χ4v) is 2.46. The molecule has 0 aliphatic heterocycles. The van der Waals surface area contributed by atoms with Crippen molar-refractivity contribution in [1.29, 1.82) is 0 Å². The molecule has 1 amide bonds. The maximum absolute atomic E-state index is 12.1. The molecular formula is C20H27N3O3. The summed E-state index contributed by atoms with van der Waals surface area (Å²) in [6.45, 7) is 3.62. The molecule has 1 aromatic heterocycles. The Balaban J connectivity index is 1.76. The maximum atomic E-state index is 12.1. The summed E-state index contributed by atoms with van der Waals surface area (Å²) in [6.07, 6.45) is 4.75. The van der Waals surface area contributed by atoms with E-state index >= 15 is 0 Å². The van der Waals surface area contributed by atoms with Crippen molar-refractivity contribution in [3.05, 3.63) is 48.2 Å². The van der Waals surface area contributed by atoms with Gasteiger partial charge in [0.25, 0.3) is 0 Å². The van der Waals surface area contributed by atoms with Gasteiger partial charge >= 0.3 is 0 Å². The van der Waals surface area contributed by atoms with E-state index in [4.69, 9.17) is 9.84 Å². The molecular weight excluding hydrogens is 330 g/mol. The molecule has 6 heteroatoms. The van der Waals surface area contributed by atoms with Gasteiger partial charge in [0.15, 0.2) is 0 Å². The van der Waals surface area contributed by atoms with Gasteiger partial charge in [-0.3, -0.25) is 4.79 Å². The van der Waals surface area contributed by atoms with Gasteiger partial charge < -0.3 is 20.5 Å². The average Bonchev–Trinajstić information content (AvgIpc) is 2.65. The van der Waals surface area contributed by atoms with Gasteiger partial charge in [-0.2, -0.15) is 0 Å². The lowest BCUT2D eigenvalue weighted by molar-refractivity contribution is -0.115. The van der Waals surface area contributed by atoms with Gasteiger partial charge in [-0.1, -0.05) is 12.1 Å². The van der Waals surface area contributed by atoms with Gasteiger partial charge in [-0.05, 0) is 56.0 Å². The molecule has 0 spiro atoms. The zero-order valence-electron chi connectivity index (χ0n) is 15.2. The van der Waals surface area contributed by atoms with Gasteiger partial charge in [0.1, 0.15) is 11.6 Å². The first-order chi connectivity index (χ1) is 12.7. The Kier molecular flexibility index (Phi) is 8.42. The second-order valence-electron chi connectivity index (χ2n) is 5.95. The number of aromatic nitrogens is 1. The van der Waals surface area contributed by atoms with Crippen molar-refractivity contribution in [3.63, 3.8) is 0 Å². The number of anilines is 2. The average molecular weight is 357 g/mol. The molecule has 6 nitrogen and oxygen atoms in total. The number of aliphatic hydroxyl groups is 1. The summed E-state index contributed by atoms with van der Waals surface area (Å²) in [4.78, 5) is 16.4. The molecule has 140 valence electrons.